The third kappa shape index (κ3) is 3.56. The first-order valence-corrected chi connectivity index (χ1v) is 6.56. The van der Waals surface area contributed by atoms with Crippen molar-refractivity contribution in [1.82, 2.24) is 10.5 Å². The van der Waals surface area contributed by atoms with Gasteiger partial charge in [-0.1, -0.05) is 32.9 Å². The van der Waals surface area contributed by atoms with Crippen LogP contribution in [-0.4, -0.2) is 22.9 Å². The van der Waals surface area contributed by atoms with Crippen LogP contribution >= 0.6 is 0 Å². The maximum Gasteiger partial charge on any atom is 0.138 e. The molecular weight excluding hydrogens is 228 g/mol. The Hall–Kier alpha value is -0.870. The van der Waals surface area contributed by atoms with Gasteiger partial charge in [0.1, 0.15) is 5.76 Å². The summed E-state index contributed by atoms with van der Waals surface area (Å²) in [6, 6.07) is 0. The van der Waals surface area contributed by atoms with Crippen molar-refractivity contribution in [2.24, 2.45) is 11.3 Å². The smallest absolute Gasteiger partial charge is 0.138 e. The summed E-state index contributed by atoms with van der Waals surface area (Å²) in [5.74, 6) is 1.13. The average molecular weight is 254 g/mol. The molecule has 0 spiro atoms. The minimum Gasteiger partial charge on any atom is -0.392 e. The SMILES string of the molecule is Cc1noc(C)c1CNCC(C)(C)C(O)C(C)C. The number of hydrogen-bond donors (Lipinski definition) is 2. The van der Waals surface area contributed by atoms with Crippen molar-refractivity contribution < 1.29 is 9.63 Å². The van der Waals surface area contributed by atoms with Crippen LogP contribution in [0.1, 0.15) is 44.7 Å². The molecule has 2 N–H and O–H groups in total. The molecule has 1 unspecified atom stereocenters. The fourth-order valence-corrected chi connectivity index (χ4v) is 2.27. The monoisotopic (exact) mass is 254 g/mol. The zero-order valence-electron chi connectivity index (χ0n) is 12.4. The molecule has 0 amide bonds. The molecular formula is C14H26N2O2. The zero-order valence-corrected chi connectivity index (χ0v) is 12.4. The first kappa shape index (κ1) is 15.2. The van der Waals surface area contributed by atoms with E-state index in [1.807, 2.05) is 27.7 Å². The number of nitrogens with zero attached hydrogens (tertiary/aromatic N) is 1. The summed E-state index contributed by atoms with van der Waals surface area (Å²) in [6.45, 7) is 13.6. The van der Waals surface area contributed by atoms with Gasteiger partial charge in [0, 0.05) is 24.1 Å². The number of nitrogens with one attached hydrogen (secondary N) is 1. The lowest BCUT2D eigenvalue weighted by atomic mass is 9.80. The van der Waals surface area contributed by atoms with Crippen LogP contribution in [0.3, 0.4) is 0 Å². The van der Waals surface area contributed by atoms with Gasteiger partial charge < -0.3 is 14.9 Å². The molecule has 0 aliphatic rings. The number of aliphatic hydroxyl groups excluding tert-OH is 1. The molecule has 1 aromatic rings. The van der Waals surface area contributed by atoms with Crippen molar-refractivity contribution >= 4 is 0 Å². The Bertz CT molecular complexity index is 364. The molecule has 1 aromatic heterocycles. The van der Waals surface area contributed by atoms with Crippen LogP contribution in [0.5, 0.6) is 0 Å². The van der Waals surface area contributed by atoms with E-state index < -0.39 is 0 Å². The van der Waals surface area contributed by atoms with Crippen LogP contribution in [-0.2, 0) is 6.54 Å². The van der Waals surface area contributed by atoms with E-state index in [1.54, 1.807) is 0 Å². The lowest BCUT2D eigenvalue weighted by Gasteiger charge is -2.33. The van der Waals surface area contributed by atoms with E-state index in [1.165, 1.54) is 0 Å². The summed E-state index contributed by atoms with van der Waals surface area (Å²) < 4.78 is 5.12. The van der Waals surface area contributed by atoms with E-state index in [0.717, 1.165) is 30.1 Å². The zero-order chi connectivity index (χ0) is 13.9. The predicted molar refractivity (Wildman–Crippen MR) is 72.3 cm³/mol. The molecule has 0 bridgehead atoms. The van der Waals surface area contributed by atoms with Crippen molar-refractivity contribution in [3.8, 4) is 0 Å². The van der Waals surface area contributed by atoms with Gasteiger partial charge in [0.25, 0.3) is 0 Å². The van der Waals surface area contributed by atoms with Crippen LogP contribution in [0.25, 0.3) is 0 Å². The number of aliphatic hydroxyl groups is 1. The number of hydrogen-bond acceptors (Lipinski definition) is 4. The molecule has 0 aliphatic heterocycles. The topological polar surface area (TPSA) is 58.3 Å². The van der Waals surface area contributed by atoms with Crippen molar-refractivity contribution in [2.45, 2.75) is 54.2 Å². The molecule has 1 rings (SSSR count). The van der Waals surface area contributed by atoms with Crippen molar-refractivity contribution in [3.63, 3.8) is 0 Å². The van der Waals surface area contributed by atoms with Crippen molar-refractivity contribution in [1.29, 1.82) is 0 Å². The quantitative estimate of drug-likeness (QED) is 0.818. The highest BCUT2D eigenvalue weighted by atomic mass is 16.5. The normalized spacial score (nSPS) is 14.2. The minimum atomic E-state index is -0.310. The molecule has 0 saturated carbocycles. The molecule has 0 saturated heterocycles. The highest BCUT2D eigenvalue weighted by molar-refractivity contribution is 5.20. The maximum atomic E-state index is 10.1. The molecule has 1 atom stereocenters. The van der Waals surface area contributed by atoms with Crippen LogP contribution < -0.4 is 5.32 Å². The average Bonchev–Trinajstić information content (AvgIpc) is 2.59. The molecule has 104 valence electrons. The molecule has 0 aromatic carbocycles. The number of aryl methyl sites for hydroxylation is 2. The van der Waals surface area contributed by atoms with Gasteiger partial charge in [0.2, 0.25) is 0 Å². The molecule has 4 nitrogen and oxygen atoms in total. The molecule has 0 fully saturated rings. The summed E-state index contributed by atoms with van der Waals surface area (Å²) in [7, 11) is 0. The van der Waals surface area contributed by atoms with Gasteiger partial charge in [-0.3, -0.25) is 0 Å². The molecule has 1 heterocycles. The van der Waals surface area contributed by atoms with Crippen LogP contribution in [0.15, 0.2) is 4.52 Å². The predicted octanol–water partition coefficient (Wildman–Crippen LogP) is 2.42. The Kier molecular flexibility index (Phi) is 4.93. The van der Waals surface area contributed by atoms with E-state index in [9.17, 15) is 5.11 Å². The van der Waals surface area contributed by atoms with Crippen LogP contribution in [0.2, 0.25) is 0 Å². The maximum absolute atomic E-state index is 10.1. The standard InChI is InChI=1S/C14H26N2O2/c1-9(2)13(17)14(5,6)8-15-7-12-10(3)16-18-11(12)4/h9,13,15,17H,7-8H2,1-6H3. The Balaban J connectivity index is 2.51. The summed E-state index contributed by atoms with van der Waals surface area (Å²) >= 11 is 0. The van der Waals surface area contributed by atoms with Gasteiger partial charge in [-0.2, -0.15) is 0 Å². The van der Waals surface area contributed by atoms with Crippen molar-refractivity contribution in [2.75, 3.05) is 6.54 Å². The van der Waals surface area contributed by atoms with Gasteiger partial charge in [0.15, 0.2) is 0 Å². The summed E-state index contributed by atoms with van der Waals surface area (Å²) in [5.41, 5.74) is 1.90. The third-order valence-electron chi connectivity index (χ3n) is 3.50. The summed E-state index contributed by atoms with van der Waals surface area (Å²) in [6.07, 6.45) is -0.310. The Morgan fingerprint density at radius 1 is 1.33 bits per heavy atom. The minimum absolute atomic E-state index is 0.146. The van der Waals surface area contributed by atoms with Crippen LogP contribution in [0, 0.1) is 25.2 Å². The van der Waals surface area contributed by atoms with Crippen molar-refractivity contribution in [3.05, 3.63) is 17.0 Å². The van der Waals surface area contributed by atoms with Crippen LogP contribution in [0.4, 0.5) is 0 Å². The van der Waals surface area contributed by atoms with Gasteiger partial charge in [-0.25, -0.2) is 0 Å². The molecule has 18 heavy (non-hydrogen) atoms. The Morgan fingerprint density at radius 2 is 1.94 bits per heavy atom. The Labute approximate surface area is 110 Å². The van der Waals surface area contributed by atoms with Gasteiger partial charge >= 0.3 is 0 Å². The Morgan fingerprint density at radius 3 is 2.39 bits per heavy atom. The van der Waals surface area contributed by atoms with Gasteiger partial charge in [-0.15, -0.1) is 0 Å². The van der Waals surface area contributed by atoms with Gasteiger partial charge in [-0.05, 0) is 19.8 Å². The molecule has 4 heteroatoms. The van der Waals surface area contributed by atoms with E-state index in [4.69, 9.17) is 4.52 Å². The lowest BCUT2D eigenvalue weighted by Crippen LogP contribution is -2.41. The first-order chi connectivity index (χ1) is 8.25. The highest BCUT2D eigenvalue weighted by Gasteiger charge is 2.29. The van der Waals surface area contributed by atoms with E-state index >= 15 is 0 Å². The second-order valence-electron chi connectivity index (χ2n) is 6.08. The molecule has 0 aliphatic carbocycles. The first-order valence-electron chi connectivity index (χ1n) is 6.56. The van der Waals surface area contributed by atoms with E-state index in [0.29, 0.717) is 0 Å². The second kappa shape index (κ2) is 5.85. The number of rotatable bonds is 6. The molecule has 0 radical (unpaired) electrons. The largest absolute Gasteiger partial charge is 0.392 e. The van der Waals surface area contributed by atoms with E-state index in [2.05, 4.69) is 24.3 Å². The van der Waals surface area contributed by atoms with E-state index in [-0.39, 0.29) is 17.4 Å². The summed E-state index contributed by atoms with van der Waals surface area (Å²) in [4.78, 5) is 0. The summed E-state index contributed by atoms with van der Waals surface area (Å²) in [5, 5.41) is 17.5. The lowest BCUT2D eigenvalue weighted by molar-refractivity contribution is 0.0134. The van der Waals surface area contributed by atoms with Gasteiger partial charge in [0.05, 0.1) is 11.8 Å². The third-order valence-corrected chi connectivity index (χ3v) is 3.50. The fourth-order valence-electron chi connectivity index (χ4n) is 2.27. The highest BCUT2D eigenvalue weighted by Crippen LogP contribution is 2.25. The number of aromatic nitrogens is 1. The fraction of sp³-hybridized carbons (Fsp3) is 0.786. The second-order valence-corrected chi connectivity index (χ2v) is 6.08.